The standard InChI is InChI=1S/C24H32O5/c1-2-3-8-19(11-7-12-23(27)24-14-13-22(16-25)29-24)15-21(26)18-28-17-20-9-5-4-6-10-20/h4-7,9-10,13-14,21,23,25-27H,2-3,8,12,15-18H2,1H3/t11?,21-,23-/m0/s1. The molecule has 0 unspecified atom stereocenters. The smallest absolute Gasteiger partial charge is 0.133 e. The molecule has 0 aliphatic carbocycles. The van der Waals surface area contributed by atoms with Crippen LogP contribution in [0.1, 0.15) is 62.2 Å². The van der Waals surface area contributed by atoms with Crippen molar-refractivity contribution in [2.75, 3.05) is 6.61 Å². The molecule has 0 amide bonds. The van der Waals surface area contributed by atoms with E-state index < -0.39 is 12.2 Å². The second-order valence-electron chi connectivity index (χ2n) is 7.13. The zero-order valence-electron chi connectivity index (χ0n) is 17.1. The second kappa shape index (κ2) is 13.2. The third kappa shape index (κ3) is 8.82. The molecule has 2 rings (SSSR count). The quantitative estimate of drug-likeness (QED) is 0.433. The third-order valence-electron chi connectivity index (χ3n) is 4.55. The van der Waals surface area contributed by atoms with Crippen molar-refractivity contribution in [2.45, 2.75) is 64.4 Å². The molecule has 0 fully saturated rings. The van der Waals surface area contributed by atoms with Crippen LogP contribution in [0, 0.1) is 0 Å². The van der Waals surface area contributed by atoms with E-state index >= 15 is 0 Å². The predicted octanol–water partition coefficient (Wildman–Crippen LogP) is 4.43. The van der Waals surface area contributed by atoms with E-state index in [9.17, 15) is 10.2 Å². The van der Waals surface area contributed by atoms with Crippen molar-refractivity contribution in [1.82, 2.24) is 0 Å². The number of unbranched alkanes of at least 4 members (excludes halogenated alkanes) is 1. The predicted molar refractivity (Wildman–Crippen MR) is 112 cm³/mol. The van der Waals surface area contributed by atoms with Gasteiger partial charge in [0.15, 0.2) is 0 Å². The number of aliphatic hydroxyl groups is 3. The van der Waals surface area contributed by atoms with Crippen LogP contribution in [0.3, 0.4) is 0 Å². The summed E-state index contributed by atoms with van der Waals surface area (Å²) in [4.78, 5) is 0. The Morgan fingerprint density at radius 2 is 1.97 bits per heavy atom. The van der Waals surface area contributed by atoms with Gasteiger partial charge in [-0.1, -0.05) is 43.7 Å². The molecule has 5 nitrogen and oxygen atoms in total. The van der Waals surface area contributed by atoms with Crippen LogP contribution in [0.25, 0.3) is 0 Å². The summed E-state index contributed by atoms with van der Waals surface area (Å²) in [5.74, 6) is 0.859. The third-order valence-corrected chi connectivity index (χ3v) is 4.55. The first-order valence-electron chi connectivity index (χ1n) is 10.2. The summed E-state index contributed by atoms with van der Waals surface area (Å²) in [7, 11) is 0. The van der Waals surface area contributed by atoms with Gasteiger partial charge in [-0.15, -0.1) is 5.73 Å². The van der Waals surface area contributed by atoms with Crippen LogP contribution >= 0.6 is 0 Å². The van der Waals surface area contributed by atoms with E-state index in [0.717, 1.165) is 30.4 Å². The molecule has 158 valence electrons. The molecule has 0 saturated carbocycles. The molecule has 1 aromatic heterocycles. The summed E-state index contributed by atoms with van der Waals surface area (Å²) in [6.45, 7) is 2.69. The van der Waals surface area contributed by atoms with Crippen molar-refractivity contribution < 1.29 is 24.5 Å². The molecule has 29 heavy (non-hydrogen) atoms. The molecule has 2 aromatic rings. The van der Waals surface area contributed by atoms with Crippen molar-refractivity contribution >= 4 is 0 Å². The van der Waals surface area contributed by atoms with Gasteiger partial charge < -0.3 is 24.5 Å². The molecule has 1 heterocycles. The van der Waals surface area contributed by atoms with Gasteiger partial charge >= 0.3 is 0 Å². The Hall–Kier alpha value is -2.14. The Labute approximate surface area is 173 Å². The van der Waals surface area contributed by atoms with Crippen molar-refractivity contribution in [3.8, 4) is 0 Å². The fourth-order valence-corrected chi connectivity index (χ4v) is 2.94. The molecule has 0 aliphatic rings. The number of furan rings is 1. The van der Waals surface area contributed by atoms with Crippen molar-refractivity contribution in [3.05, 3.63) is 76.9 Å². The SMILES string of the molecule is CCCCC(=C=CC[C@H](O)c1ccc(CO)o1)C[C@H](O)COCc1ccccc1. The van der Waals surface area contributed by atoms with Crippen LogP contribution < -0.4 is 0 Å². The van der Waals surface area contributed by atoms with Gasteiger partial charge in [-0.2, -0.15) is 0 Å². The highest BCUT2D eigenvalue weighted by Crippen LogP contribution is 2.20. The number of ether oxygens (including phenoxy) is 1. The number of rotatable bonds is 13. The minimum absolute atomic E-state index is 0.187. The van der Waals surface area contributed by atoms with E-state index in [1.165, 1.54) is 0 Å². The number of benzene rings is 1. The largest absolute Gasteiger partial charge is 0.461 e. The molecule has 0 saturated heterocycles. The van der Waals surface area contributed by atoms with Crippen LogP contribution in [0.5, 0.6) is 0 Å². The van der Waals surface area contributed by atoms with Crippen molar-refractivity contribution in [3.63, 3.8) is 0 Å². The van der Waals surface area contributed by atoms with Gasteiger partial charge in [0.2, 0.25) is 0 Å². The maximum absolute atomic E-state index is 10.3. The topological polar surface area (TPSA) is 83.1 Å². The maximum Gasteiger partial charge on any atom is 0.133 e. The van der Waals surface area contributed by atoms with Gasteiger partial charge in [-0.3, -0.25) is 0 Å². The van der Waals surface area contributed by atoms with Gasteiger partial charge in [0.25, 0.3) is 0 Å². The number of hydrogen-bond donors (Lipinski definition) is 3. The Kier molecular flexibility index (Phi) is 10.5. The van der Waals surface area contributed by atoms with E-state index in [0.29, 0.717) is 31.0 Å². The summed E-state index contributed by atoms with van der Waals surface area (Å²) in [6, 6.07) is 13.2. The Bertz CT molecular complexity index is 759. The second-order valence-corrected chi connectivity index (χ2v) is 7.13. The van der Waals surface area contributed by atoms with Crippen molar-refractivity contribution in [2.24, 2.45) is 0 Å². The molecule has 3 N–H and O–H groups in total. The normalized spacial score (nSPS) is 13.0. The van der Waals surface area contributed by atoms with Gasteiger partial charge in [0, 0.05) is 12.8 Å². The Balaban J connectivity index is 1.86. The summed E-state index contributed by atoms with van der Waals surface area (Å²) in [6.07, 6.45) is 4.20. The summed E-state index contributed by atoms with van der Waals surface area (Å²) in [5, 5.41) is 29.6. The average molecular weight is 401 g/mol. The first-order valence-corrected chi connectivity index (χ1v) is 10.2. The maximum atomic E-state index is 10.3. The van der Waals surface area contributed by atoms with Gasteiger partial charge in [0.1, 0.15) is 24.2 Å². The molecular formula is C24H32O5. The molecule has 0 bridgehead atoms. The minimum Gasteiger partial charge on any atom is -0.461 e. The van der Waals surface area contributed by atoms with E-state index in [2.05, 4.69) is 12.7 Å². The van der Waals surface area contributed by atoms with E-state index in [1.807, 2.05) is 30.3 Å². The van der Waals surface area contributed by atoms with E-state index in [1.54, 1.807) is 18.2 Å². The molecular weight excluding hydrogens is 368 g/mol. The van der Waals surface area contributed by atoms with Gasteiger partial charge in [-0.05, 0) is 42.2 Å². The lowest BCUT2D eigenvalue weighted by atomic mass is 10.0. The first kappa shape index (κ1) is 23.1. The summed E-state index contributed by atoms with van der Waals surface area (Å²) >= 11 is 0. The molecule has 1 aromatic carbocycles. The fraction of sp³-hybridized carbons (Fsp3) is 0.458. The minimum atomic E-state index is -0.783. The Morgan fingerprint density at radius 3 is 2.66 bits per heavy atom. The molecule has 5 heteroatoms. The Morgan fingerprint density at radius 1 is 1.17 bits per heavy atom. The molecule has 0 spiro atoms. The van der Waals surface area contributed by atoms with Crippen LogP contribution in [0.2, 0.25) is 0 Å². The molecule has 0 aliphatic heterocycles. The van der Waals surface area contributed by atoms with Gasteiger partial charge in [0.05, 0.1) is 19.3 Å². The zero-order valence-corrected chi connectivity index (χ0v) is 17.1. The van der Waals surface area contributed by atoms with E-state index in [4.69, 9.17) is 14.3 Å². The van der Waals surface area contributed by atoms with Crippen molar-refractivity contribution in [1.29, 1.82) is 0 Å². The van der Waals surface area contributed by atoms with Crippen LogP contribution in [0.15, 0.2) is 64.3 Å². The highest BCUT2D eigenvalue weighted by molar-refractivity contribution is 5.13. The number of hydrogen-bond acceptors (Lipinski definition) is 5. The fourth-order valence-electron chi connectivity index (χ4n) is 2.94. The van der Waals surface area contributed by atoms with Crippen LogP contribution in [-0.4, -0.2) is 28.0 Å². The molecule has 0 radical (unpaired) electrons. The number of aliphatic hydroxyl groups excluding tert-OH is 3. The van der Waals surface area contributed by atoms with E-state index in [-0.39, 0.29) is 13.2 Å². The van der Waals surface area contributed by atoms with Crippen LogP contribution in [-0.2, 0) is 18.0 Å². The lowest BCUT2D eigenvalue weighted by molar-refractivity contribution is 0.0285. The highest BCUT2D eigenvalue weighted by atomic mass is 16.5. The molecule has 2 atom stereocenters. The monoisotopic (exact) mass is 400 g/mol. The van der Waals surface area contributed by atoms with Crippen LogP contribution in [0.4, 0.5) is 0 Å². The zero-order chi connectivity index (χ0) is 20.9. The summed E-state index contributed by atoms with van der Waals surface area (Å²) < 4.78 is 11.0. The first-order chi connectivity index (χ1) is 14.1. The lowest BCUT2D eigenvalue weighted by Gasteiger charge is -2.13. The lowest BCUT2D eigenvalue weighted by Crippen LogP contribution is -2.16. The van der Waals surface area contributed by atoms with Gasteiger partial charge in [-0.25, -0.2) is 0 Å². The summed E-state index contributed by atoms with van der Waals surface area (Å²) in [5.41, 5.74) is 5.34. The average Bonchev–Trinajstić information content (AvgIpc) is 3.22. The highest BCUT2D eigenvalue weighted by Gasteiger charge is 2.11.